The van der Waals surface area contributed by atoms with Crippen LogP contribution in [-0.4, -0.2) is 20.1 Å². The molecule has 1 N–H and O–H groups in total. The Hall–Kier alpha value is -0.740. The van der Waals surface area contributed by atoms with Crippen LogP contribution in [0.1, 0.15) is 38.2 Å². The second-order valence-electron chi connectivity index (χ2n) is 4.39. The fourth-order valence-corrected chi connectivity index (χ4v) is 3.00. The Labute approximate surface area is 115 Å². The molecule has 1 aromatic carbocycles. The Morgan fingerprint density at radius 2 is 1.89 bits per heavy atom. The highest BCUT2D eigenvalue weighted by molar-refractivity contribution is 7.92. The smallest absolute Gasteiger partial charge is 0.232 e. The molecule has 102 valence electrons. The number of anilines is 1. The molecule has 1 rings (SSSR count). The molecule has 1 unspecified atom stereocenters. The number of rotatable bonds is 7. The lowest BCUT2D eigenvalue weighted by Gasteiger charge is -2.11. The molecule has 0 saturated carbocycles. The molecule has 3 nitrogen and oxygen atoms in total. The molecule has 0 spiro atoms. The number of alkyl halides is 1. The minimum Gasteiger partial charge on any atom is -0.284 e. The number of halogens is 1. The Balaban J connectivity index is 2.69. The second kappa shape index (κ2) is 7.00. The fourth-order valence-electron chi connectivity index (χ4n) is 1.59. The monoisotopic (exact) mass is 289 g/mol. The van der Waals surface area contributed by atoms with Crippen LogP contribution in [0.3, 0.4) is 0 Å². The van der Waals surface area contributed by atoms with Crippen molar-refractivity contribution in [2.75, 3.05) is 16.4 Å². The highest BCUT2D eigenvalue weighted by atomic mass is 35.5. The first-order valence-electron chi connectivity index (χ1n) is 6.15. The van der Waals surface area contributed by atoms with Crippen LogP contribution < -0.4 is 4.72 Å². The first-order valence-corrected chi connectivity index (χ1v) is 8.33. The van der Waals surface area contributed by atoms with E-state index in [1.54, 1.807) is 12.1 Å². The highest BCUT2D eigenvalue weighted by Gasteiger charge is 2.10. The minimum absolute atomic E-state index is 0.0591. The summed E-state index contributed by atoms with van der Waals surface area (Å²) in [5.74, 6) is 0.907. The number of hydrogen-bond donors (Lipinski definition) is 1. The van der Waals surface area contributed by atoms with Crippen molar-refractivity contribution in [2.45, 2.75) is 32.6 Å². The van der Waals surface area contributed by atoms with E-state index in [2.05, 4.69) is 18.6 Å². The van der Waals surface area contributed by atoms with Gasteiger partial charge in [-0.1, -0.05) is 26.0 Å². The normalized spacial score (nSPS) is 13.3. The lowest BCUT2D eigenvalue weighted by Crippen LogP contribution is -2.16. The molecule has 0 heterocycles. The maximum Gasteiger partial charge on any atom is 0.232 e. The molecule has 0 fully saturated rings. The summed E-state index contributed by atoms with van der Waals surface area (Å²) in [5, 5.41) is 0. The summed E-state index contributed by atoms with van der Waals surface area (Å²) < 4.78 is 25.9. The van der Waals surface area contributed by atoms with Crippen molar-refractivity contribution in [1.29, 1.82) is 0 Å². The molecule has 0 aliphatic rings. The summed E-state index contributed by atoms with van der Waals surface area (Å²) in [4.78, 5) is 0. The van der Waals surface area contributed by atoms with Crippen molar-refractivity contribution < 1.29 is 8.42 Å². The first-order chi connectivity index (χ1) is 8.48. The molecule has 18 heavy (non-hydrogen) atoms. The summed E-state index contributed by atoms with van der Waals surface area (Å²) in [6, 6.07) is 7.54. The molecule has 0 amide bonds. The van der Waals surface area contributed by atoms with E-state index in [1.165, 1.54) is 5.56 Å². The Bertz CT molecular complexity index is 456. The molecule has 0 aromatic heterocycles. The van der Waals surface area contributed by atoms with Crippen LogP contribution in [0.25, 0.3) is 0 Å². The van der Waals surface area contributed by atoms with Gasteiger partial charge in [-0.15, -0.1) is 11.6 Å². The quantitative estimate of drug-likeness (QED) is 0.780. The van der Waals surface area contributed by atoms with E-state index in [0.29, 0.717) is 23.9 Å². The summed E-state index contributed by atoms with van der Waals surface area (Å²) in [6.45, 7) is 4.28. The third kappa shape index (κ3) is 4.86. The molecule has 0 bridgehead atoms. The Morgan fingerprint density at radius 1 is 1.28 bits per heavy atom. The first kappa shape index (κ1) is 15.3. The molecule has 0 aliphatic carbocycles. The van der Waals surface area contributed by atoms with E-state index in [-0.39, 0.29) is 5.75 Å². The second-order valence-corrected chi connectivity index (χ2v) is 6.61. The molecule has 0 saturated heterocycles. The van der Waals surface area contributed by atoms with Gasteiger partial charge in [-0.05, 0) is 36.5 Å². The third-order valence-electron chi connectivity index (χ3n) is 2.91. The van der Waals surface area contributed by atoms with Crippen molar-refractivity contribution in [3.05, 3.63) is 29.8 Å². The zero-order chi connectivity index (χ0) is 13.6. The minimum atomic E-state index is -3.27. The number of nitrogens with one attached hydrogen (secondary N) is 1. The highest BCUT2D eigenvalue weighted by Crippen LogP contribution is 2.21. The zero-order valence-corrected chi connectivity index (χ0v) is 12.4. The van der Waals surface area contributed by atoms with Gasteiger partial charge in [-0.3, -0.25) is 4.72 Å². The van der Waals surface area contributed by atoms with E-state index >= 15 is 0 Å². The van der Waals surface area contributed by atoms with Crippen LogP contribution in [0.2, 0.25) is 0 Å². The summed E-state index contributed by atoms with van der Waals surface area (Å²) in [7, 11) is -3.27. The van der Waals surface area contributed by atoms with E-state index < -0.39 is 10.0 Å². The van der Waals surface area contributed by atoms with Crippen LogP contribution in [0.5, 0.6) is 0 Å². The fraction of sp³-hybridized carbons (Fsp3) is 0.538. The predicted molar refractivity (Wildman–Crippen MR) is 77.9 cm³/mol. The van der Waals surface area contributed by atoms with Crippen molar-refractivity contribution in [2.24, 2.45) is 0 Å². The van der Waals surface area contributed by atoms with E-state index in [9.17, 15) is 8.42 Å². The molecule has 1 aromatic rings. The van der Waals surface area contributed by atoms with Crippen molar-refractivity contribution >= 4 is 27.3 Å². The van der Waals surface area contributed by atoms with Crippen LogP contribution in [-0.2, 0) is 10.0 Å². The summed E-state index contributed by atoms with van der Waals surface area (Å²) in [5.41, 5.74) is 1.83. The van der Waals surface area contributed by atoms with Crippen LogP contribution in [0.4, 0.5) is 5.69 Å². The van der Waals surface area contributed by atoms with Crippen LogP contribution >= 0.6 is 11.6 Å². The number of sulfonamides is 1. The summed E-state index contributed by atoms with van der Waals surface area (Å²) >= 11 is 5.49. The maximum absolute atomic E-state index is 11.7. The number of benzene rings is 1. The van der Waals surface area contributed by atoms with Gasteiger partial charge in [0.15, 0.2) is 0 Å². The Morgan fingerprint density at radius 3 is 2.39 bits per heavy atom. The average Bonchev–Trinajstić information content (AvgIpc) is 2.36. The van der Waals surface area contributed by atoms with Gasteiger partial charge in [-0.2, -0.15) is 0 Å². The lowest BCUT2D eigenvalue weighted by atomic mass is 9.99. The molecule has 5 heteroatoms. The standard InChI is InChI=1S/C13H20ClNO2S/c1-3-11(2)12-5-7-13(8-6-12)15-18(16,17)10-4-9-14/h5-8,11,15H,3-4,9-10H2,1-2H3. The molecular weight excluding hydrogens is 270 g/mol. The molecular formula is C13H20ClNO2S. The molecule has 0 radical (unpaired) electrons. The molecule has 1 atom stereocenters. The van der Waals surface area contributed by atoms with E-state index in [1.807, 2.05) is 12.1 Å². The Kier molecular flexibility index (Phi) is 5.96. The van der Waals surface area contributed by atoms with E-state index in [0.717, 1.165) is 6.42 Å². The van der Waals surface area contributed by atoms with Crippen LogP contribution in [0, 0.1) is 0 Å². The van der Waals surface area contributed by atoms with Gasteiger partial charge in [0.1, 0.15) is 0 Å². The largest absolute Gasteiger partial charge is 0.284 e. The number of hydrogen-bond acceptors (Lipinski definition) is 2. The van der Waals surface area contributed by atoms with Gasteiger partial charge < -0.3 is 0 Å². The van der Waals surface area contributed by atoms with Gasteiger partial charge in [0, 0.05) is 11.6 Å². The third-order valence-corrected chi connectivity index (χ3v) is 4.55. The molecule has 0 aliphatic heterocycles. The zero-order valence-electron chi connectivity index (χ0n) is 10.8. The maximum atomic E-state index is 11.7. The lowest BCUT2D eigenvalue weighted by molar-refractivity contribution is 0.600. The average molecular weight is 290 g/mol. The predicted octanol–water partition coefficient (Wildman–Crippen LogP) is 3.57. The van der Waals surface area contributed by atoms with Crippen LogP contribution in [0.15, 0.2) is 24.3 Å². The van der Waals surface area contributed by atoms with Crippen molar-refractivity contribution in [1.82, 2.24) is 0 Å². The van der Waals surface area contributed by atoms with Crippen molar-refractivity contribution in [3.8, 4) is 0 Å². The van der Waals surface area contributed by atoms with E-state index in [4.69, 9.17) is 11.6 Å². The SMILES string of the molecule is CCC(C)c1ccc(NS(=O)(=O)CCCCl)cc1. The van der Waals surface area contributed by atoms with Gasteiger partial charge in [0.2, 0.25) is 10.0 Å². The van der Waals surface area contributed by atoms with Gasteiger partial charge >= 0.3 is 0 Å². The summed E-state index contributed by atoms with van der Waals surface area (Å²) in [6.07, 6.45) is 1.53. The van der Waals surface area contributed by atoms with Gasteiger partial charge in [0.25, 0.3) is 0 Å². The van der Waals surface area contributed by atoms with Gasteiger partial charge in [0.05, 0.1) is 5.75 Å². The van der Waals surface area contributed by atoms with Gasteiger partial charge in [-0.25, -0.2) is 8.42 Å². The van der Waals surface area contributed by atoms with Crippen molar-refractivity contribution in [3.63, 3.8) is 0 Å². The topological polar surface area (TPSA) is 46.2 Å².